The van der Waals surface area contributed by atoms with E-state index in [2.05, 4.69) is 5.32 Å². The number of nitrogens with one attached hydrogen (secondary N) is 1. The molecule has 0 spiro atoms. The molecular weight excluding hydrogens is 356 g/mol. The summed E-state index contributed by atoms with van der Waals surface area (Å²) in [5.41, 5.74) is 0.789. The van der Waals surface area contributed by atoms with Crippen LogP contribution in [0.25, 0.3) is 0 Å². The summed E-state index contributed by atoms with van der Waals surface area (Å²) in [5, 5.41) is 15.4. The lowest BCUT2D eigenvalue weighted by atomic mass is 9.53. The summed E-state index contributed by atoms with van der Waals surface area (Å²) in [4.78, 5) is 23.9. The molecule has 6 nitrogen and oxygen atoms in total. The second-order valence-electron chi connectivity index (χ2n) is 10.3. The van der Waals surface area contributed by atoms with Gasteiger partial charge in [-0.1, -0.05) is 0 Å². The van der Waals surface area contributed by atoms with E-state index in [4.69, 9.17) is 4.74 Å². The van der Waals surface area contributed by atoms with Gasteiger partial charge in [-0.25, -0.2) is 4.79 Å². The van der Waals surface area contributed by atoms with E-state index in [0.717, 1.165) is 37.0 Å². The standard InChI is InChI=1S/C22H30N2O4/c1-13-5-18(19(24(26)27)9-17(13)20(25)28-21(2,3)4)23-22-10-14-6-15(11-22)8-16(7-14)12-22/h5,9,14-16,23H,6-8,10-12H2,1-4H3. The Morgan fingerprint density at radius 1 is 1.14 bits per heavy atom. The van der Waals surface area contributed by atoms with E-state index in [1.807, 2.05) is 6.92 Å². The first-order valence-corrected chi connectivity index (χ1v) is 10.3. The largest absolute Gasteiger partial charge is 0.456 e. The van der Waals surface area contributed by atoms with Crippen molar-refractivity contribution < 1.29 is 14.5 Å². The van der Waals surface area contributed by atoms with E-state index >= 15 is 0 Å². The smallest absolute Gasteiger partial charge is 0.339 e. The first-order valence-electron chi connectivity index (χ1n) is 10.3. The molecule has 4 aliphatic carbocycles. The molecule has 0 atom stereocenters. The van der Waals surface area contributed by atoms with Gasteiger partial charge in [0.05, 0.1) is 10.5 Å². The van der Waals surface area contributed by atoms with Gasteiger partial charge in [-0.3, -0.25) is 10.1 Å². The van der Waals surface area contributed by atoms with Gasteiger partial charge < -0.3 is 10.1 Å². The highest BCUT2D eigenvalue weighted by Crippen LogP contribution is 2.57. The molecule has 0 amide bonds. The van der Waals surface area contributed by atoms with Crippen LogP contribution in [0, 0.1) is 34.8 Å². The number of nitrogens with zero attached hydrogens (tertiary/aromatic N) is 1. The minimum Gasteiger partial charge on any atom is -0.456 e. The molecule has 0 saturated heterocycles. The van der Waals surface area contributed by atoms with E-state index in [1.165, 1.54) is 25.3 Å². The zero-order chi connectivity index (χ0) is 20.3. The lowest BCUT2D eigenvalue weighted by Crippen LogP contribution is -2.54. The fourth-order valence-corrected chi connectivity index (χ4v) is 6.05. The molecule has 4 fully saturated rings. The lowest BCUT2D eigenvalue weighted by Gasteiger charge is -2.57. The number of benzene rings is 1. The molecule has 152 valence electrons. The number of nitro groups is 1. The highest BCUT2D eigenvalue weighted by molar-refractivity contribution is 5.93. The Labute approximate surface area is 166 Å². The number of rotatable bonds is 4. The molecule has 6 heteroatoms. The van der Waals surface area contributed by atoms with Gasteiger partial charge >= 0.3 is 5.97 Å². The van der Waals surface area contributed by atoms with Crippen LogP contribution in [0.15, 0.2) is 12.1 Å². The molecule has 4 aliphatic rings. The van der Waals surface area contributed by atoms with Crippen LogP contribution in [0.4, 0.5) is 11.4 Å². The molecule has 5 rings (SSSR count). The molecule has 4 saturated carbocycles. The van der Waals surface area contributed by atoms with Crippen LogP contribution >= 0.6 is 0 Å². The quantitative estimate of drug-likeness (QED) is 0.435. The minimum absolute atomic E-state index is 0.0284. The van der Waals surface area contributed by atoms with Crippen molar-refractivity contribution in [2.75, 3.05) is 5.32 Å². The Morgan fingerprint density at radius 3 is 2.14 bits per heavy atom. The maximum Gasteiger partial charge on any atom is 0.339 e. The zero-order valence-electron chi connectivity index (χ0n) is 17.2. The van der Waals surface area contributed by atoms with Crippen molar-refractivity contribution in [3.8, 4) is 0 Å². The molecule has 1 aromatic carbocycles. The molecule has 0 radical (unpaired) electrons. The molecule has 4 bridgehead atoms. The molecule has 28 heavy (non-hydrogen) atoms. The van der Waals surface area contributed by atoms with Gasteiger partial charge in [0, 0.05) is 11.6 Å². The fourth-order valence-electron chi connectivity index (χ4n) is 6.05. The van der Waals surface area contributed by atoms with Gasteiger partial charge in [-0.15, -0.1) is 0 Å². The van der Waals surface area contributed by atoms with Crippen molar-refractivity contribution in [3.63, 3.8) is 0 Å². The SMILES string of the molecule is Cc1cc(NC23CC4CC(CC(C4)C2)C3)c([N+](=O)[O-])cc1C(=O)OC(C)(C)C. The average molecular weight is 386 g/mol. The van der Waals surface area contributed by atoms with Crippen LogP contribution in [0.1, 0.15) is 75.2 Å². The third-order valence-corrected chi connectivity index (χ3v) is 6.60. The Bertz CT molecular complexity index is 789. The van der Waals surface area contributed by atoms with Crippen molar-refractivity contribution in [2.45, 2.75) is 77.4 Å². The van der Waals surface area contributed by atoms with Crippen molar-refractivity contribution in [2.24, 2.45) is 17.8 Å². The molecular formula is C22H30N2O4. The van der Waals surface area contributed by atoms with Crippen molar-refractivity contribution in [1.82, 2.24) is 0 Å². The van der Waals surface area contributed by atoms with Gasteiger partial charge in [-0.05, 0) is 95.6 Å². The Balaban J connectivity index is 1.65. The number of esters is 1. The molecule has 0 aromatic heterocycles. The van der Waals surface area contributed by atoms with Gasteiger partial charge in [0.25, 0.3) is 5.69 Å². The number of carbonyl (C=O) groups excluding carboxylic acids is 1. The van der Waals surface area contributed by atoms with Gasteiger partial charge in [0.15, 0.2) is 0 Å². The maximum absolute atomic E-state index is 12.5. The number of aryl methyl sites for hydroxylation is 1. The number of hydrogen-bond acceptors (Lipinski definition) is 5. The minimum atomic E-state index is -0.644. The predicted molar refractivity (Wildman–Crippen MR) is 108 cm³/mol. The predicted octanol–water partition coefficient (Wildman–Crippen LogP) is 5.24. The van der Waals surface area contributed by atoms with Gasteiger partial charge in [0.1, 0.15) is 11.3 Å². The summed E-state index contributed by atoms with van der Waals surface area (Å²) in [7, 11) is 0. The normalized spacial score (nSPS) is 30.9. The van der Waals surface area contributed by atoms with Crippen molar-refractivity contribution in [3.05, 3.63) is 33.4 Å². The zero-order valence-corrected chi connectivity index (χ0v) is 17.2. The second kappa shape index (κ2) is 6.46. The van der Waals surface area contributed by atoms with Crippen LogP contribution in [0.5, 0.6) is 0 Å². The van der Waals surface area contributed by atoms with E-state index < -0.39 is 16.5 Å². The van der Waals surface area contributed by atoms with E-state index in [9.17, 15) is 14.9 Å². The highest BCUT2D eigenvalue weighted by atomic mass is 16.6. The average Bonchev–Trinajstić information content (AvgIpc) is 2.50. The molecule has 1 N–H and O–H groups in total. The second-order valence-corrected chi connectivity index (χ2v) is 10.3. The first kappa shape index (κ1) is 19.2. The molecule has 1 aromatic rings. The van der Waals surface area contributed by atoms with Crippen LogP contribution in [0.2, 0.25) is 0 Å². The summed E-state index contributed by atoms with van der Waals surface area (Å²) in [6.07, 6.45) is 7.26. The number of anilines is 1. The van der Waals surface area contributed by atoms with Crippen molar-refractivity contribution >= 4 is 17.3 Å². The Hall–Kier alpha value is -2.11. The van der Waals surface area contributed by atoms with Crippen LogP contribution in [-0.2, 0) is 4.74 Å². The Morgan fingerprint density at radius 2 is 1.68 bits per heavy atom. The highest BCUT2D eigenvalue weighted by Gasteiger charge is 2.51. The number of nitro benzene ring substituents is 1. The lowest BCUT2D eigenvalue weighted by molar-refractivity contribution is -0.384. The first-order chi connectivity index (χ1) is 13.0. The molecule has 0 aliphatic heterocycles. The third-order valence-electron chi connectivity index (χ3n) is 6.60. The third kappa shape index (κ3) is 3.61. The summed E-state index contributed by atoms with van der Waals surface area (Å²) >= 11 is 0. The van der Waals surface area contributed by atoms with Crippen LogP contribution in [0.3, 0.4) is 0 Å². The summed E-state index contributed by atoms with van der Waals surface area (Å²) in [6, 6.07) is 3.14. The van der Waals surface area contributed by atoms with Crippen molar-refractivity contribution in [1.29, 1.82) is 0 Å². The molecule has 0 heterocycles. The van der Waals surface area contributed by atoms with Gasteiger partial charge in [0.2, 0.25) is 0 Å². The number of ether oxygens (including phenoxy) is 1. The van der Waals surface area contributed by atoms with E-state index in [1.54, 1.807) is 26.8 Å². The van der Waals surface area contributed by atoms with E-state index in [-0.39, 0.29) is 16.8 Å². The summed E-state index contributed by atoms with van der Waals surface area (Å²) < 4.78 is 5.43. The van der Waals surface area contributed by atoms with Crippen LogP contribution in [-0.4, -0.2) is 22.0 Å². The monoisotopic (exact) mass is 386 g/mol. The summed E-state index contributed by atoms with van der Waals surface area (Å²) in [5.74, 6) is 1.73. The van der Waals surface area contributed by atoms with Crippen LogP contribution < -0.4 is 5.32 Å². The summed E-state index contributed by atoms with van der Waals surface area (Å²) in [6.45, 7) is 7.18. The fraction of sp³-hybridized carbons (Fsp3) is 0.682. The van der Waals surface area contributed by atoms with E-state index in [0.29, 0.717) is 11.3 Å². The maximum atomic E-state index is 12.5. The molecule has 0 unspecified atom stereocenters. The van der Waals surface area contributed by atoms with Gasteiger partial charge in [-0.2, -0.15) is 0 Å². The topological polar surface area (TPSA) is 81.5 Å². The number of hydrogen-bond donors (Lipinski definition) is 1. The number of carbonyl (C=O) groups is 1. The Kier molecular flexibility index (Phi) is 4.43.